The van der Waals surface area contributed by atoms with Crippen LogP contribution >= 0.6 is 0 Å². The van der Waals surface area contributed by atoms with Crippen molar-refractivity contribution < 1.29 is 18.1 Å². The average molecular weight is 299 g/mol. The van der Waals surface area contributed by atoms with Gasteiger partial charge in [-0.25, -0.2) is 8.78 Å². The van der Waals surface area contributed by atoms with E-state index in [-0.39, 0.29) is 18.9 Å². The molecule has 2 aliphatic heterocycles. The molecule has 2 fully saturated rings. The third-order valence-corrected chi connectivity index (χ3v) is 4.51. The van der Waals surface area contributed by atoms with E-state index in [0.29, 0.717) is 37.5 Å². The van der Waals surface area contributed by atoms with Crippen molar-refractivity contribution in [2.45, 2.75) is 39.2 Å². The number of halogens is 2. The van der Waals surface area contributed by atoms with Gasteiger partial charge < -0.3 is 9.84 Å². The zero-order valence-electron chi connectivity index (χ0n) is 12.2. The van der Waals surface area contributed by atoms with E-state index >= 15 is 0 Å². The number of piperidine rings is 1. The van der Waals surface area contributed by atoms with Crippen molar-refractivity contribution >= 4 is 5.91 Å². The molecule has 1 aromatic rings. The third-order valence-electron chi connectivity index (χ3n) is 4.51. The standard InChI is InChI=1S/C14H19F2N3O2/c1-9-11(10(2)21-18-9)5-19-7-13(3-4-17-12(13)20)6-14(15,16)8-19/h3-8H2,1-2H3,(H,17,20)/t13-/m1/s1. The predicted molar refractivity (Wildman–Crippen MR) is 70.9 cm³/mol. The number of hydrogen-bond acceptors (Lipinski definition) is 4. The molecule has 2 aliphatic rings. The summed E-state index contributed by atoms with van der Waals surface area (Å²) in [7, 11) is 0. The van der Waals surface area contributed by atoms with E-state index in [1.165, 1.54) is 0 Å². The highest BCUT2D eigenvalue weighted by molar-refractivity contribution is 5.85. The fraction of sp³-hybridized carbons (Fsp3) is 0.714. The van der Waals surface area contributed by atoms with Gasteiger partial charge in [0.25, 0.3) is 5.92 Å². The van der Waals surface area contributed by atoms with Crippen molar-refractivity contribution in [3.8, 4) is 0 Å². The largest absolute Gasteiger partial charge is 0.361 e. The smallest absolute Gasteiger partial charge is 0.261 e. The lowest BCUT2D eigenvalue weighted by molar-refractivity contribution is -0.149. The van der Waals surface area contributed by atoms with Gasteiger partial charge in [-0.1, -0.05) is 5.16 Å². The van der Waals surface area contributed by atoms with Gasteiger partial charge in [0.2, 0.25) is 5.91 Å². The van der Waals surface area contributed by atoms with Gasteiger partial charge in [-0.2, -0.15) is 0 Å². The molecule has 3 rings (SSSR count). The number of likely N-dealkylation sites (tertiary alicyclic amines) is 1. The van der Waals surface area contributed by atoms with Gasteiger partial charge in [0.1, 0.15) is 5.76 Å². The van der Waals surface area contributed by atoms with Gasteiger partial charge in [-0.3, -0.25) is 9.69 Å². The molecule has 0 unspecified atom stereocenters. The Balaban J connectivity index is 1.84. The first-order valence-electron chi connectivity index (χ1n) is 7.12. The summed E-state index contributed by atoms with van der Waals surface area (Å²) in [6.07, 6.45) is 0.115. The van der Waals surface area contributed by atoms with Crippen LogP contribution in [0, 0.1) is 19.3 Å². The zero-order valence-corrected chi connectivity index (χ0v) is 12.2. The van der Waals surface area contributed by atoms with E-state index in [0.717, 1.165) is 5.56 Å². The number of amides is 1. The summed E-state index contributed by atoms with van der Waals surface area (Å²) in [5.41, 5.74) is 0.591. The second-order valence-corrected chi connectivity index (χ2v) is 6.27. The summed E-state index contributed by atoms with van der Waals surface area (Å²) in [6.45, 7) is 4.42. The first-order valence-corrected chi connectivity index (χ1v) is 7.12. The van der Waals surface area contributed by atoms with E-state index in [4.69, 9.17) is 4.52 Å². The first kappa shape index (κ1) is 14.4. The molecule has 2 saturated heterocycles. The summed E-state index contributed by atoms with van der Waals surface area (Å²) in [5, 5.41) is 6.54. The van der Waals surface area contributed by atoms with Crippen LogP contribution in [0.3, 0.4) is 0 Å². The Morgan fingerprint density at radius 1 is 1.38 bits per heavy atom. The van der Waals surface area contributed by atoms with Gasteiger partial charge in [-0.05, 0) is 20.3 Å². The van der Waals surface area contributed by atoms with Crippen LogP contribution in [0.25, 0.3) is 0 Å². The van der Waals surface area contributed by atoms with Crippen LogP contribution in [0.1, 0.15) is 29.9 Å². The molecule has 7 heteroatoms. The first-order chi connectivity index (χ1) is 9.81. The summed E-state index contributed by atoms with van der Waals surface area (Å²) in [6, 6.07) is 0. The Bertz CT molecular complexity index is 553. The lowest BCUT2D eigenvalue weighted by Gasteiger charge is -2.42. The van der Waals surface area contributed by atoms with E-state index in [9.17, 15) is 13.6 Å². The summed E-state index contributed by atoms with van der Waals surface area (Å²) >= 11 is 0. The van der Waals surface area contributed by atoms with Crippen molar-refractivity contribution in [2.24, 2.45) is 5.41 Å². The Labute approximate surface area is 121 Å². The molecule has 1 atom stereocenters. The Hall–Kier alpha value is -1.50. The molecule has 5 nitrogen and oxygen atoms in total. The number of aryl methyl sites for hydroxylation is 2. The zero-order chi connectivity index (χ0) is 15.3. The maximum Gasteiger partial charge on any atom is 0.261 e. The second-order valence-electron chi connectivity index (χ2n) is 6.27. The van der Waals surface area contributed by atoms with Crippen LogP contribution in [0.15, 0.2) is 4.52 Å². The Morgan fingerprint density at radius 2 is 2.14 bits per heavy atom. The van der Waals surface area contributed by atoms with Crippen LogP contribution in [0.2, 0.25) is 0 Å². The van der Waals surface area contributed by atoms with Crippen LogP contribution in [-0.4, -0.2) is 41.5 Å². The maximum absolute atomic E-state index is 14.1. The highest BCUT2D eigenvalue weighted by Gasteiger charge is 2.54. The van der Waals surface area contributed by atoms with Gasteiger partial charge >= 0.3 is 0 Å². The number of rotatable bonds is 2. The van der Waals surface area contributed by atoms with E-state index < -0.39 is 11.3 Å². The molecule has 1 N–H and O–H groups in total. The molecule has 0 bridgehead atoms. The third kappa shape index (κ3) is 2.54. The van der Waals surface area contributed by atoms with Gasteiger partial charge in [0.05, 0.1) is 17.7 Å². The van der Waals surface area contributed by atoms with Crippen molar-refractivity contribution in [3.63, 3.8) is 0 Å². The molecular weight excluding hydrogens is 280 g/mol. The maximum atomic E-state index is 14.1. The Morgan fingerprint density at radius 3 is 2.71 bits per heavy atom. The molecule has 1 aromatic heterocycles. The Kier molecular flexibility index (Phi) is 3.27. The van der Waals surface area contributed by atoms with Gasteiger partial charge in [0.15, 0.2) is 0 Å². The van der Waals surface area contributed by atoms with Crippen molar-refractivity contribution in [1.82, 2.24) is 15.4 Å². The number of carbonyl (C=O) groups excluding carboxylic acids is 1. The molecule has 0 aromatic carbocycles. The van der Waals surface area contributed by atoms with E-state index in [2.05, 4.69) is 10.5 Å². The highest BCUT2D eigenvalue weighted by atomic mass is 19.3. The molecule has 0 aliphatic carbocycles. The lowest BCUT2D eigenvalue weighted by Crippen LogP contribution is -2.55. The van der Waals surface area contributed by atoms with E-state index in [1.54, 1.807) is 18.7 Å². The molecule has 21 heavy (non-hydrogen) atoms. The number of alkyl halides is 2. The molecule has 1 amide bonds. The van der Waals surface area contributed by atoms with Crippen LogP contribution in [0.4, 0.5) is 8.78 Å². The highest BCUT2D eigenvalue weighted by Crippen LogP contribution is 2.43. The van der Waals surface area contributed by atoms with Crippen LogP contribution in [-0.2, 0) is 11.3 Å². The fourth-order valence-corrected chi connectivity index (χ4v) is 3.52. The molecule has 116 valence electrons. The number of nitrogens with zero attached hydrogens (tertiary/aromatic N) is 2. The van der Waals surface area contributed by atoms with Gasteiger partial charge in [0, 0.05) is 31.6 Å². The van der Waals surface area contributed by atoms with Crippen LogP contribution < -0.4 is 5.32 Å². The molecule has 3 heterocycles. The van der Waals surface area contributed by atoms with Crippen molar-refractivity contribution in [1.29, 1.82) is 0 Å². The van der Waals surface area contributed by atoms with Gasteiger partial charge in [-0.15, -0.1) is 0 Å². The molecule has 0 radical (unpaired) electrons. The minimum atomic E-state index is -2.85. The normalized spacial score (nSPS) is 29.0. The summed E-state index contributed by atoms with van der Waals surface area (Å²) < 4.78 is 33.3. The summed E-state index contributed by atoms with van der Waals surface area (Å²) in [4.78, 5) is 13.7. The number of carbonyl (C=O) groups is 1. The molecule has 1 spiro atoms. The predicted octanol–water partition coefficient (Wildman–Crippen LogP) is 1.64. The van der Waals surface area contributed by atoms with E-state index in [1.807, 2.05) is 0 Å². The summed E-state index contributed by atoms with van der Waals surface area (Å²) in [5.74, 6) is -2.45. The quantitative estimate of drug-likeness (QED) is 0.902. The second kappa shape index (κ2) is 4.76. The lowest BCUT2D eigenvalue weighted by atomic mass is 9.77. The average Bonchev–Trinajstić information content (AvgIpc) is 2.85. The number of hydrogen-bond donors (Lipinski definition) is 1. The number of nitrogens with one attached hydrogen (secondary N) is 1. The number of aromatic nitrogens is 1. The minimum Gasteiger partial charge on any atom is -0.361 e. The van der Waals surface area contributed by atoms with Crippen molar-refractivity contribution in [2.75, 3.05) is 19.6 Å². The SMILES string of the molecule is Cc1noc(C)c1CN1CC(F)(F)C[C@]2(CCNC2=O)C1. The topological polar surface area (TPSA) is 58.4 Å². The molecule has 0 saturated carbocycles. The fourth-order valence-electron chi connectivity index (χ4n) is 3.52. The van der Waals surface area contributed by atoms with Crippen molar-refractivity contribution in [3.05, 3.63) is 17.0 Å². The minimum absolute atomic E-state index is 0.245. The molecular formula is C14H19F2N3O2. The van der Waals surface area contributed by atoms with Crippen LogP contribution in [0.5, 0.6) is 0 Å². The monoisotopic (exact) mass is 299 g/mol.